The van der Waals surface area contributed by atoms with Crippen LogP contribution in [0.25, 0.3) is 0 Å². The third-order valence-corrected chi connectivity index (χ3v) is 4.41. The standard InChI is InChI=1S/C13H21N5O3S.ClH/c1-9-4-6-10(7-5-9)22(20,21)18-11(12(14)19)3-2-8-17-13(15)16;/h4-7,11,18H,2-3,8H2,1H3,(H2,14,19)(H4,15,16,17);1H. The SMILES string of the molecule is Cc1ccc(S(=O)(=O)NC(CCCN=C(N)N)C(N)=O)cc1.Cl. The zero-order valence-electron chi connectivity index (χ0n) is 12.7. The van der Waals surface area contributed by atoms with E-state index in [2.05, 4.69) is 9.71 Å². The number of carbonyl (C=O) groups is 1. The highest BCUT2D eigenvalue weighted by Crippen LogP contribution is 2.11. The Kier molecular flexibility index (Phi) is 8.59. The maximum Gasteiger partial charge on any atom is 0.241 e. The maximum absolute atomic E-state index is 12.2. The highest BCUT2D eigenvalue weighted by molar-refractivity contribution is 7.89. The molecule has 8 nitrogen and oxygen atoms in total. The predicted octanol–water partition coefficient (Wildman–Crippen LogP) is -0.397. The van der Waals surface area contributed by atoms with Gasteiger partial charge in [0.2, 0.25) is 15.9 Å². The third-order valence-electron chi connectivity index (χ3n) is 2.92. The van der Waals surface area contributed by atoms with Crippen LogP contribution < -0.4 is 21.9 Å². The maximum atomic E-state index is 12.2. The van der Waals surface area contributed by atoms with Gasteiger partial charge in [0, 0.05) is 6.54 Å². The van der Waals surface area contributed by atoms with Crippen molar-refractivity contribution in [3.8, 4) is 0 Å². The first-order valence-electron chi connectivity index (χ1n) is 6.66. The molecule has 23 heavy (non-hydrogen) atoms. The lowest BCUT2D eigenvalue weighted by Gasteiger charge is -2.15. The van der Waals surface area contributed by atoms with Gasteiger partial charge in [0.25, 0.3) is 0 Å². The summed E-state index contributed by atoms with van der Waals surface area (Å²) in [5.74, 6) is -0.809. The number of aliphatic imine (C=N–C) groups is 1. The van der Waals surface area contributed by atoms with Crippen LogP contribution in [0.15, 0.2) is 34.2 Å². The van der Waals surface area contributed by atoms with Gasteiger partial charge in [-0.3, -0.25) is 9.79 Å². The zero-order valence-corrected chi connectivity index (χ0v) is 14.4. The molecule has 1 unspecified atom stereocenters. The lowest BCUT2D eigenvalue weighted by Crippen LogP contribution is -2.44. The number of nitrogens with two attached hydrogens (primary N) is 3. The molecule has 1 rings (SSSR count). The first-order chi connectivity index (χ1) is 10.2. The van der Waals surface area contributed by atoms with E-state index < -0.39 is 22.0 Å². The highest BCUT2D eigenvalue weighted by Gasteiger charge is 2.23. The van der Waals surface area contributed by atoms with Crippen LogP contribution in [0.1, 0.15) is 18.4 Å². The number of hydrogen-bond acceptors (Lipinski definition) is 4. The number of nitrogens with one attached hydrogen (secondary N) is 1. The molecular formula is C13H22ClN5O3S. The molecule has 130 valence electrons. The Labute approximate surface area is 142 Å². The van der Waals surface area contributed by atoms with Crippen molar-refractivity contribution < 1.29 is 13.2 Å². The Bertz CT molecular complexity index is 642. The molecule has 1 amide bonds. The van der Waals surface area contributed by atoms with Gasteiger partial charge in [0.1, 0.15) is 6.04 Å². The summed E-state index contributed by atoms with van der Waals surface area (Å²) in [4.78, 5) is 15.2. The van der Waals surface area contributed by atoms with Crippen LogP contribution in [0.2, 0.25) is 0 Å². The summed E-state index contributed by atoms with van der Waals surface area (Å²) in [5.41, 5.74) is 16.5. The smallest absolute Gasteiger partial charge is 0.241 e. The summed E-state index contributed by atoms with van der Waals surface area (Å²) in [6.45, 7) is 2.14. The van der Waals surface area contributed by atoms with Gasteiger partial charge in [-0.25, -0.2) is 8.42 Å². The first kappa shape index (κ1) is 21.2. The van der Waals surface area contributed by atoms with Gasteiger partial charge in [-0.15, -0.1) is 12.4 Å². The van der Waals surface area contributed by atoms with Gasteiger partial charge in [-0.1, -0.05) is 17.7 Å². The molecule has 1 atom stereocenters. The summed E-state index contributed by atoms with van der Waals surface area (Å²) in [6, 6.07) is 5.27. The molecule has 0 aliphatic carbocycles. The van der Waals surface area contributed by atoms with E-state index in [-0.39, 0.29) is 29.7 Å². The molecule has 0 heterocycles. The first-order valence-corrected chi connectivity index (χ1v) is 8.14. The Hall–Kier alpha value is -1.84. The quantitative estimate of drug-likeness (QED) is 0.281. The molecule has 0 bridgehead atoms. The second-order valence-corrected chi connectivity index (χ2v) is 6.55. The van der Waals surface area contributed by atoms with Gasteiger partial charge in [0.05, 0.1) is 4.90 Å². The summed E-state index contributed by atoms with van der Waals surface area (Å²) in [7, 11) is -3.81. The molecule has 10 heteroatoms. The number of hydrogen-bond donors (Lipinski definition) is 4. The number of guanidine groups is 1. The summed E-state index contributed by atoms with van der Waals surface area (Å²) >= 11 is 0. The molecule has 0 aromatic heterocycles. The fraction of sp³-hybridized carbons (Fsp3) is 0.385. The molecule has 0 saturated heterocycles. The van der Waals surface area contributed by atoms with E-state index in [1.807, 2.05) is 6.92 Å². The number of carbonyl (C=O) groups excluding carboxylic acids is 1. The normalized spacial score (nSPS) is 12.0. The number of primary amides is 1. The van der Waals surface area contributed by atoms with Crippen molar-refractivity contribution in [3.63, 3.8) is 0 Å². The van der Waals surface area contributed by atoms with Crippen LogP contribution in [0.5, 0.6) is 0 Å². The van der Waals surface area contributed by atoms with Gasteiger partial charge in [0.15, 0.2) is 5.96 Å². The van der Waals surface area contributed by atoms with Crippen molar-refractivity contribution in [1.29, 1.82) is 0 Å². The Morgan fingerprint density at radius 3 is 2.26 bits per heavy atom. The lowest BCUT2D eigenvalue weighted by molar-refractivity contribution is -0.119. The monoisotopic (exact) mass is 363 g/mol. The van der Waals surface area contributed by atoms with Crippen LogP contribution in [0.4, 0.5) is 0 Å². The minimum absolute atomic E-state index is 0. The van der Waals surface area contributed by atoms with Crippen molar-refractivity contribution >= 4 is 34.3 Å². The molecule has 1 aromatic rings. The average molecular weight is 364 g/mol. The van der Waals surface area contributed by atoms with Gasteiger partial charge < -0.3 is 17.2 Å². The van der Waals surface area contributed by atoms with Crippen LogP contribution in [0, 0.1) is 6.92 Å². The number of amides is 1. The summed E-state index contributed by atoms with van der Waals surface area (Å²) < 4.78 is 26.7. The molecule has 0 aliphatic rings. The number of nitrogens with zero attached hydrogens (tertiary/aromatic N) is 1. The van der Waals surface area contributed by atoms with Crippen molar-refractivity contribution in [1.82, 2.24) is 4.72 Å². The van der Waals surface area contributed by atoms with E-state index in [0.717, 1.165) is 5.56 Å². The van der Waals surface area contributed by atoms with E-state index in [0.29, 0.717) is 13.0 Å². The molecule has 0 saturated carbocycles. The van der Waals surface area contributed by atoms with Gasteiger partial charge >= 0.3 is 0 Å². The van der Waals surface area contributed by atoms with Crippen molar-refractivity contribution in [3.05, 3.63) is 29.8 Å². The lowest BCUT2D eigenvalue weighted by atomic mass is 10.1. The molecule has 0 spiro atoms. The number of sulfonamides is 1. The Balaban J connectivity index is 0.00000484. The second kappa shape index (κ2) is 9.33. The molecule has 0 radical (unpaired) electrons. The van der Waals surface area contributed by atoms with Gasteiger partial charge in [-0.05, 0) is 31.9 Å². The second-order valence-electron chi connectivity index (χ2n) is 4.84. The average Bonchev–Trinajstić information content (AvgIpc) is 2.42. The minimum atomic E-state index is -3.81. The minimum Gasteiger partial charge on any atom is -0.370 e. The Morgan fingerprint density at radius 2 is 1.78 bits per heavy atom. The van der Waals surface area contributed by atoms with Crippen LogP contribution >= 0.6 is 12.4 Å². The molecule has 0 fully saturated rings. The van der Waals surface area contributed by atoms with E-state index in [1.54, 1.807) is 12.1 Å². The fourth-order valence-electron chi connectivity index (χ4n) is 1.74. The van der Waals surface area contributed by atoms with E-state index >= 15 is 0 Å². The van der Waals surface area contributed by atoms with Crippen LogP contribution in [0.3, 0.4) is 0 Å². The van der Waals surface area contributed by atoms with Crippen molar-refractivity contribution in [2.24, 2.45) is 22.2 Å². The van der Waals surface area contributed by atoms with Crippen LogP contribution in [-0.4, -0.2) is 32.9 Å². The molecule has 1 aromatic carbocycles. The van der Waals surface area contributed by atoms with Crippen molar-refractivity contribution in [2.45, 2.75) is 30.7 Å². The van der Waals surface area contributed by atoms with Crippen LogP contribution in [-0.2, 0) is 14.8 Å². The summed E-state index contributed by atoms with van der Waals surface area (Å²) in [5, 5.41) is 0. The summed E-state index contributed by atoms with van der Waals surface area (Å²) in [6.07, 6.45) is 0.624. The van der Waals surface area contributed by atoms with Gasteiger partial charge in [-0.2, -0.15) is 4.72 Å². The third kappa shape index (κ3) is 7.31. The van der Waals surface area contributed by atoms with E-state index in [4.69, 9.17) is 17.2 Å². The number of rotatable bonds is 8. The zero-order chi connectivity index (χ0) is 16.8. The van der Waals surface area contributed by atoms with E-state index in [1.165, 1.54) is 12.1 Å². The number of benzene rings is 1. The predicted molar refractivity (Wildman–Crippen MR) is 91.6 cm³/mol. The van der Waals surface area contributed by atoms with E-state index in [9.17, 15) is 13.2 Å². The number of halogens is 1. The fourth-order valence-corrected chi connectivity index (χ4v) is 2.97. The highest BCUT2D eigenvalue weighted by atomic mass is 35.5. The topological polar surface area (TPSA) is 154 Å². The Morgan fingerprint density at radius 1 is 1.22 bits per heavy atom. The molecule has 7 N–H and O–H groups in total. The largest absolute Gasteiger partial charge is 0.370 e. The van der Waals surface area contributed by atoms with Crippen molar-refractivity contribution in [2.75, 3.05) is 6.54 Å². The molecule has 0 aliphatic heterocycles. The molecular weight excluding hydrogens is 342 g/mol. The number of aryl methyl sites for hydroxylation is 1.